The Labute approximate surface area is 99.0 Å². The molecule has 0 amide bonds. The Kier molecular flexibility index (Phi) is 3.72. The van der Waals surface area contributed by atoms with Crippen LogP contribution in [-0.4, -0.2) is 22.8 Å². The first-order chi connectivity index (χ1) is 7.75. The number of ether oxygens (including phenoxy) is 1. The van der Waals surface area contributed by atoms with Crippen LogP contribution >= 0.6 is 11.6 Å². The average molecular weight is 241 g/mol. The predicted molar refractivity (Wildman–Crippen MR) is 59.3 cm³/mol. The fourth-order valence-electron chi connectivity index (χ4n) is 1.87. The van der Waals surface area contributed by atoms with Gasteiger partial charge in [0.15, 0.2) is 10.8 Å². The average Bonchev–Trinajstić information content (AvgIpc) is 2.80. The van der Waals surface area contributed by atoms with E-state index in [-0.39, 0.29) is 10.8 Å². The van der Waals surface area contributed by atoms with Gasteiger partial charge in [-0.3, -0.25) is 0 Å². The van der Waals surface area contributed by atoms with E-state index in [0.29, 0.717) is 12.5 Å². The third kappa shape index (κ3) is 2.92. The Bertz CT molecular complexity index is 361. The van der Waals surface area contributed by atoms with Crippen LogP contribution in [0, 0.1) is 5.92 Å². The first kappa shape index (κ1) is 11.3. The number of aromatic nitrogens is 2. The summed E-state index contributed by atoms with van der Waals surface area (Å²) in [6, 6.07) is 3.05. The zero-order chi connectivity index (χ0) is 11.4. The fraction of sp³-hybridized carbons (Fsp3) is 0.545. The molecule has 4 nitrogen and oxygen atoms in total. The van der Waals surface area contributed by atoms with E-state index in [4.69, 9.17) is 16.3 Å². The molecule has 86 valence electrons. The molecule has 0 aliphatic heterocycles. The van der Waals surface area contributed by atoms with Crippen LogP contribution < -0.4 is 0 Å². The van der Waals surface area contributed by atoms with Crippen LogP contribution in [0.1, 0.15) is 36.2 Å². The first-order valence-electron chi connectivity index (χ1n) is 5.42. The third-order valence-electron chi connectivity index (χ3n) is 2.77. The highest BCUT2D eigenvalue weighted by Gasteiger charge is 2.18. The highest BCUT2D eigenvalue weighted by atomic mass is 35.5. The maximum absolute atomic E-state index is 11.5. The SMILES string of the molecule is O=C(OCC1CCCC1)c1ccc(Cl)nn1. The van der Waals surface area contributed by atoms with E-state index in [9.17, 15) is 4.79 Å². The molecule has 1 heterocycles. The normalized spacial score (nSPS) is 16.3. The van der Waals surface area contributed by atoms with Gasteiger partial charge in [0, 0.05) is 0 Å². The van der Waals surface area contributed by atoms with Gasteiger partial charge in [-0.1, -0.05) is 24.4 Å². The molecule has 0 bridgehead atoms. The first-order valence-corrected chi connectivity index (χ1v) is 5.80. The number of esters is 1. The lowest BCUT2D eigenvalue weighted by Crippen LogP contribution is -2.13. The zero-order valence-corrected chi connectivity index (χ0v) is 9.61. The van der Waals surface area contributed by atoms with Crippen LogP contribution in [0.2, 0.25) is 5.15 Å². The molecule has 1 aromatic rings. The number of carbonyl (C=O) groups is 1. The quantitative estimate of drug-likeness (QED) is 0.762. The van der Waals surface area contributed by atoms with Gasteiger partial charge in [-0.05, 0) is 30.9 Å². The van der Waals surface area contributed by atoms with Gasteiger partial charge >= 0.3 is 5.97 Å². The molecule has 1 aliphatic carbocycles. The van der Waals surface area contributed by atoms with Crippen LogP contribution in [0.25, 0.3) is 0 Å². The molecule has 0 N–H and O–H groups in total. The Hall–Kier alpha value is -1.16. The van der Waals surface area contributed by atoms with Gasteiger partial charge in [0.25, 0.3) is 0 Å². The van der Waals surface area contributed by atoms with E-state index < -0.39 is 5.97 Å². The summed E-state index contributed by atoms with van der Waals surface area (Å²) in [5.41, 5.74) is 0.211. The number of hydrogen-bond acceptors (Lipinski definition) is 4. The number of halogens is 1. The minimum absolute atomic E-state index is 0.211. The fourth-order valence-corrected chi connectivity index (χ4v) is 1.97. The lowest BCUT2D eigenvalue weighted by Gasteiger charge is -2.08. The molecule has 1 aliphatic rings. The van der Waals surface area contributed by atoms with Crippen molar-refractivity contribution < 1.29 is 9.53 Å². The van der Waals surface area contributed by atoms with Gasteiger partial charge in [-0.15, -0.1) is 10.2 Å². The molecule has 0 unspecified atom stereocenters. The maximum Gasteiger partial charge on any atom is 0.358 e. The third-order valence-corrected chi connectivity index (χ3v) is 2.97. The van der Waals surface area contributed by atoms with Crippen molar-refractivity contribution in [2.45, 2.75) is 25.7 Å². The van der Waals surface area contributed by atoms with Gasteiger partial charge in [0.2, 0.25) is 0 Å². The summed E-state index contributed by atoms with van der Waals surface area (Å²) in [4.78, 5) is 11.5. The lowest BCUT2D eigenvalue weighted by molar-refractivity contribution is 0.0434. The smallest absolute Gasteiger partial charge is 0.358 e. The summed E-state index contributed by atoms with van der Waals surface area (Å²) in [6.45, 7) is 0.489. The predicted octanol–water partition coefficient (Wildman–Crippen LogP) is 2.48. The Morgan fingerprint density at radius 3 is 2.75 bits per heavy atom. The minimum Gasteiger partial charge on any atom is -0.461 e. The molecule has 1 aromatic heterocycles. The molecular weight excluding hydrogens is 228 g/mol. The molecule has 5 heteroatoms. The standard InChI is InChI=1S/C11H13ClN2O2/c12-10-6-5-9(13-14-10)11(15)16-7-8-3-1-2-4-8/h5-6,8H,1-4,7H2. The van der Waals surface area contributed by atoms with Crippen molar-refractivity contribution in [3.05, 3.63) is 23.0 Å². The largest absolute Gasteiger partial charge is 0.461 e. The molecule has 0 saturated heterocycles. The number of rotatable bonds is 3. The molecule has 2 rings (SSSR count). The van der Waals surface area contributed by atoms with Crippen LogP contribution in [0.3, 0.4) is 0 Å². The number of carbonyl (C=O) groups excluding carboxylic acids is 1. The monoisotopic (exact) mass is 240 g/mol. The number of hydrogen-bond donors (Lipinski definition) is 0. The van der Waals surface area contributed by atoms with Crippen molar-refractivity contribution in [2.24, 2.45) is 5.92 Å². The molecule has 0 atom stereocenters. The van der Waals surface area contributed by atoms with Crippen molar-refractivity contribution >= 4 is 17.6 Å². The summed E-state index contributed by atoms with van der Waals surface area (Å²) in [7, 11) is 0. The van der Waals surface area contributed by atoms with E-state index in [1.54, 1.807) is 0 Å². The van der Waals surface area contributed by atoms with Crippen LogP contribution in [0.15, 0.2) is 12.1 Å². The molecule has 1 saturated carbocycles. The van der Waals surface area contributed by atoms with Crippen molar-refractivity contribution in [3.8, 4) is 0 Å². The van der Waals surface area contributed by atoms with Crippen molar-refractivity contribution in [1.29, 1.82) is 0 Å². The Balaban J connectivity index is 1.85. The molecule has 0 radical (unpaired) electrons. The number of nitrogens with zero attached hydrogens (tertiary/aromatic N) is 2. The van der Waals surface area contributed by atoms with Crippen LogP contribution in [-0.2, 0) is 4.74 Å². The molecule has 0 spiro atoms. The second kappa shape index (κ2) is 5.25. The molecular formula is C11H13ClN2O2. The van der Waals surface area contributed by atoms with Gasteiger partial charge in [0.1, 0.15) is 0 Å². The second-order valence-corrected chi connectivity index (χ2v) is 4.38. The lowest BCUT2D eigenvalue weighted by atomic mass is 10.1. The summed E-state index contributed by atoms with van der Waals surface area (Å²) >= 11 is 5.57. The van der Waals surface area contributed by atoms with Crippen LogP contribution in [0.5, 0.6) is 0 Å². The van der Waals surface area contributed by atoms with Gasteiger partial charge in [-0.2, -0.15) is 0 Å². The van der Waals surface area contributed by atoms with E-state index in [1.807, 2.05) is 0 Å². The van der Waals surface area contributed by atoms with E-state index in [0.717, 1.165) is 12.8 Å². The second-order valence-electron chi connectivity index (χ2n) is 3.99. The van der Waals surface area contributed by atoms with E-state index in [1.165, 1.54) is 25.0 Å². The minimum atomic E-state index is -0.420. The summed E-state index contributed by atoms with van der Waals surface area (Å²) in [5, 5.41) is 7.53. The van der Waals surface area contributed by atoms with Crippen molar-refractivity contribution in [2.75, 3.05) is 6.61 Å². The highest BCUT2D eigenvalue weighted by molar-refractivity contribution is 6.29. The van der Waals surface area contributed by atoms with Crippen molar-refractivity contribution in [1.82, 2.24) is 10.2 Å². The van der Waals surface area contributed by atoms with E-state index >= 15 is 0 Å². The van der Waals surface area contributed by atoms with Gasteiger partial charge in [-0.25, -0.2) is 4.79 Å². The zero-order valence-electron chi connectivity index (χ0n) is 8.86. The topological polar surface area (TPSA) is 52.1 Å². The van der Waals surface area contributed by atoms with Crippen LogP contribution in [0.4, 0.5) is 0 Å². The summed E-state index contributed by atoms with van der Waals surface area (Å²) in [6.07, 6.45) is 4.78. The van der Waals surface area contributed by atoms with Crippen molar-refractivity contribution in [3.63, 3.8) is 0 Å². The van der Waals surface area contributed by atoms with Gasteiger partial charge < -0.3 is 4.74 Å². The maximum atomic E-state index is 11.5. The Morgan fingerprint density at radius 1 is 1.38 bits per heavy atom. The highest BCUT2D eigenvalue weighted by Crippen LogP contribution is 2.24. The van der Waals surface area contributed by atoms with Gasteiger partial charge in [0.05, 0.1) is 6.61 Å². The molecule has 1 fully saturated rings. The summed E-state index contributed by atoms with van der Waals surface area (Å²) in [5.74, 6) is 0.0975. The van der Waals surface area contributed by atoms with E-state index in [2.05, 4.69) is 10.2 Å². The Morgan fingerprint density at radius 2 is 2.12 bits per heavy atom. The molecule has 0 aromatic carbocycles. The summed E-state index contributed by atoms with van der Waals surface area (Å²) < 4.78 is 5.17. The molecule has 16 heavy (non-hydrogen) atoms.